The first kappa shape index (κ1) is 6.67. The molecule has 1 saturated heterocycles. The molecule has 4 N–H and O–H groups in total. The summed E-state index contributed by atoms with van der Waals surface area (Å²) < 4.78 is 0. The minimum absolute atomic E-state index is 0.00463. The van der Waals surface area contributed by atoms with E-state index >= 15 is 0 Å². The van der Waals surface area contributed by atoms with E-state index in [2.05, 4.69) is 10.9 Å². The molecule has 4 heteroatoms. The Morgan fingerprint density at radius 2 is 2.11 bits per heavy atom. The smallest absolute Gasteiger partial charge is 0.149 e. The first-order chi connectivity index (χ1) is 4.06. The van der Waals surface area contributed by atoms with E-state index in [1.165, 1.54) is 6.92 Å². The lowest BCUT2D eigenvalue weighted by Crippen LogP contribution is -2.44. The Morgan fingerprint density at radius 3 is 2.22 bits per heavy atom. The summed E-state index contributed by atoms with van der Waals surface area (Å²) in [4.78, 5) is 10.6. The average Bonchev–Trinajstić information content (AvgIpc) is 2.47. The van der Waals surface area contributed by atoms with Crippen LogP contribution >= 0.6 is 0 Å². The Morgan fingerprint density at radius 1 is 1.67 bits per heavy atom. The fraction of sp³-hybridized carbons (Fsp3) is 0.800. The molecule has 0 aromatic heterocycles. The van der Waals surface area contributed by atoms with Crippen LogP contribution in [0.2, 0.25) is 0 Å². The van der Waals surface area contributed by atoms with Gasteiger partial charge in [0, 0.05) is 0 Å². The third kappa shape index (κ3) is 1.10. The minimum Gasteiger partial charge on any atom is -0.319 e. The number of Topliss-reactive ketones (excluding diaryl/α,β-unsaturated/α-hetero) is 1. The quantitative estimate of drug-likeness (QED) is 0.405. The van der Waals surface area contributed by atoms with Crippen LogP contribution in [0.4, 0.5) is 0 Å². The maximum Gasteiger partial charge on any atom is 0.149 e. The monoisotopic (exact) mass is 129 g/mol. The predicted molar refractivity (Wildman–Crippen MR) is 33.3 cm³/mol. The third-order valence-corrected chi connectivity index (χ3v) is 1.58. The van der Waals surface area contributed by atoms with Crippen molar-refractivity contribution in [3.05, 3.63) is 0 Å². The molecule has 1 heterocycles. The minimum atomic E-state index is -0.433. The largest absolute Gasteiger partial charge is 0.319 e. The maximum absolute atomic E-state index is 10.6. The molecule has 0 amide bonds. The molecular formula is C5H11N3O. The molecule has 1 unspecified atom stereocenters. The van der Waals surface area contributed by atoms with Gasteiger partial charge < -0.3 is 5.73 Å². The highest BCUT2D eigenvalue weighted by Gasteiger charge is 2.44. The van der Waals surface area contributed by atoms with Crippen molar-refractivity contribution in [3.8, 4) is 0 Å². The molecule has 1 fully saturated rings. The maximum atomic E-state index is 10.6. The molecule has 1 rings (SSSR count). The molecule has 4 nitrogen and oxygen atoms in total. The van der Waals surface area contributed by atoms with Crippen molar-refractivity contribution in [1.82, 2.24) is 10.9 Å². The lowest BCUT2D eigenvalue weighted by Gasteiger charge is -2.10. The second-order valence-corrected chi connectivity index (χ2v) is 2.54. The van der Waals surface area contributed by atoms with Crippen molar-refractivity contribution in [3.63, 3.8) is 0 Å². The Labute approximate surface area is 53.8 Å². The van der Waals surface area contributed by atoms with E-state index in [0.717, 1.165) is 0 Å². The number of nitrogens with one attached hydrogen (secondary N) is 2. The third-order valence-electron chi connectivity index (χ3n) is 1.58. The van der Waals surface area contributed by atoms with Crippen LogP contribution in [0.15, 0.2) is 0 Å². The number of carbonyl (C=O) groups is 1. The van der Waals surface area contributed by atoms with Crippen LogP contribution in [0.5, 0.6) is 0 Å². The predicted octanol–water partition coefficient (Wildman–Crippen LogP) is -1.27. The van der Waals surface area contributed by atoms with Crippen molar-refractivity contribution in [2.45, 2.75) is 25.6 Å². The lowest BCUT2D eigenvalue weighted by molar-refractivity contribution is -0.118. The van der Waals surface area contributed by atoms with Crippen LogP contribution < -0.4 is 16.6 Å². The molecule has 0 saturated carbocycles. The number of hydrogen-bond donors (Lipinski definition) is 3. The highest BCUT2D eigenvalue weighted by Crippen LogP contribution is 2.12. The number of ketones is 1. The van der Waals surface area contributed by atoms with Gasteiger partial charge in [0.2, 0.25) is 0 Å². The zero-order valence-electron chi connectivity index (χ0n) is 5.56. The number of carbonyl (C=O) groups excluding carboxylic acids is 1. The van der Waals surface area contributed by atoms with Crippen LogP contribution in [0.1, 0.15) is 13.8 Å². The number of rotatable bonds is 2. The summed E-state index contributed by atoms with van der Waals surface area (Å²) in [6.07, 6.45) is 0. The summed E-state index contributed by atoms with van der Waals surface area (Å²) in [5.41, 5.74) is 10.7. The SMILES string of the molecule is CC(=O)C(N)C1(C)NN1. The standard InChI is InChI=1S/C5H11N3O/c1-3(9)4(6)5(2)7-8-5/h4,7-8H,6H2,1-2H3. The van der Waals surface area contributed by atoms with Gasteiger partial charge in [0.1, 0.15) is 11.4 Å². The molecule has 0 aromatic carbocycles. The van der Waals surface area contributed by atoms with Gasteiger partial charge in [-0.3, -0.25) is 4.79 Å². The Hall–Kier alpha value is -0.450. The van der Waals surface area contributed by atoms with Crippen molar-refractivity contribution < 1.29 is 4.79 Å². The van der Waals surface area contributed by atoms with Gasteiger partial charge >= 0.3 is 0 Å². The molecule has 1 atom stereocenters. The zero-order valence-corrected chi connectivity index (χ0v) is 5.56. The summed E-state index contributed by atoms with van der Waals surface area (Å²) >= 11 is 0. The second kappa shape index (κ2) is 1.76. The number of nitrogens with two attached hydrogens (primary N) is 1. The van der Waals surface area contributed by atoms with E-state index < -0.39 is 6.04 Å². The van der Waals surface area contributed by atoms with Crippen LogP contribution in [0.25, 0.3) is 0 Å². The van der Waals surface area contributed by atoms with Crippen LogP contribution in [0.3, 0.4) is 0 Å². The van der Waals surface area contributed by atoms with E-state index in [1.807, 2.05) is 6.92 Å². The lowest BCUT2D eigenvalue weighted by atomic mass is 10.1. The molecular weight excluding hydrogens is 118 g/mol. The first-order valence-electron chi connectivity index (χ1n) is 2.86. The molecule has 9 heavy (non-hydrogen) atoms. The Balaban J connectivity index is 2.52. The van der Waals surface area contributed by atoms with Crippen LogP contribution in [0, 0.1) is 0 Å². The summed E-state index contributed by atoms with van der Waals surface area (Å²) in [7, 11) is 0. The van der Waals surface area contributed by atoms with Crippen molar-refractivity contribution in [2.24, 2.45) is 5.73 Å². The van der Waals surface area contributed by atoms with Crippen molar-refractivity contribution >= 4 is 5.78 Å². The fourth-order valence-corrected chi connectivity index (χ4v) is 0.661. The molecule has 0 radical (unpaired) electrons. The Bertz CT molecular complexity index is 141. The van der Waals surface area contributed by atoms with Gasteiger partial charge in [-0.15, -0.1) is 0 Å². The van der Waals surface area contributed by atoms with E-state index in [9.17, 15) is 4.79 Å². The molecule has 1 aliphatic heterocycles. The van der Waals surface area contributed by atoms with E-state index in [1.54, 1.807) is 0 Å². The highest BCUT2D eigenvalue weighted by atomic mass is 16.1. The van der Waals surface area contributed by atoms with Gasteiger partial charge in [-0.2, -0.15) is 0 Å². The van der Waals surface area contributed by atoms with Crippen molar-refractivity contribution in [1.29, 1.82) is 0 Å². The topological polar surface area (TPSA) is 87.0 Å². The molecule has 1 aliphatic rings. The summed E-state index contributed by atoms with van der Waals surface area (Å²) in [6, 6.07) is -0.433. The van der Waals surface area contributed by atoms with E-state index in [-0.39, 0.29) is 11.4 Å². The summed E-state index contributed by atoms with van der Waals surface area (Å²) in [5, 5.41) is 0. The summed E-state index contributed by atoms with van der Waals surface area (Å²) in [5.74, 6) is -0.00463. The number of hydrogen-bond acceptors (Lipinski definition) is 4. The van der Waals surface area contributed by atoms with Gasteiger partial charge in [-0.1, -0.05) is 0 Å². The van der Waals surface area contributed by atoms with Gasteiger partial charge in [-0.25, -0.2) is 10.9 Å². The van der Waals surface area contributed by atoms with Gasteiger partial charge in [0.15, 0.2) is 0 Å². The fourth-order valence-electron chi connectivity index (χ4n) is 0.661. The average molecular weight is 129 g/mol. The van der Waals surface area contributed by atoms with Gasteiger partial charge in [-0.05, 0) is 13.8 Å². The molecule has 0 bridgehead atoms. The molecule has 52 valence electrons. The molecule has 0 aromatic rings. The summed E-state index contributed by atoms with van der Waals surface area (Å²) in [6.45, 7) is 3.33. The van der Waals surface area contributed by atoms with E-state index in [0.29, 0.717) is 0 Å². The van der Waals surface area contributed by atoms with Crippen LogP contribution in [-0.2, 0) is 4.79 Å². The normalized spacial score (nSPS) is 25.2. The first-order valence-corrected chi connectivity index (χ1v) is 2.86. The zero-order chi connectivity index (χ0) is 7.07. The van der Waals surface area contributed by atoms with Crippen molar-refractivity contribution in [2.75, 3.05) is 0 Å². The highest BCUT2D eigenvalue weighted by molar-refractivity contribution is 5.83. The van der Waals surface area contributed by atoms with Gasteiger partial charge in [0.25, 0.3) is 0 Å². The molecule has 0 aliphatic carbocycles. The van der Waals surface area contributed by atoms with E-state index in [4.69, 9.17) is 5.73 Å². The molecule has 0 spiro atoms. The van der Waals surface area contributed by atoms with Gasteiger partial charge in [0.05, 0.1) is 6.04 Å². The van der Waals surface area contributed by atoms with Crippen LogP contribution in [-0.4, -0.2) is 17.5 Å². The number of hydrazine groups is 1. The second-order valence-electron chi connectivity index (χ2n) is 2.54. The Kier molecular flexibility index (Phi) is 1.31.